The number of urea groups is 1. The summed E-state index contributed by atoms with van der Waals surface area (Å²) >= 11 is 0. The molecule has 1 fully saturated rings. The smallest absolute Gasteiger partial charge is 0.325 e. The first kappa shape index (κ1) is 19.4. The number of benzene rings is 1. The standard InChI is InChI=1S/C18H23N3O5/c1-12(15(23)19-13-8-5-4-6-9-13)26-14(22)10-7-11-21-16(24)18(2,3)20-17(21)25/h4-6,8-9,12H,7,10-11H2,1-3H3,(H,19,23)(H,20,25)/t12-/m0/s1. The zero-order chi connectivity index (χ0) is 19.3. The molecule has 1 aromatic rings. The van der Waals surface area contributed by atoms with Crippen molar-refractivity contribution in [2.45, 2.75) is 45.3 Å². The SMILES string of the molecule is C[C@H](OC(=O)CCCN1C(=O)NC(C)(C)C1=O)C(=O)Nc1ccccc1. The molecule has 0 radical (unpaired) electrons. The highest BCUT2D eigenvalue weighted by molar-refractivity contribution is 6.06. The second-order valence-corrected chi connectivity index (χ2v) is 6.60. The summed E-state index contributed by atoms with van der Waals surface area (Å²) in [7, 11) is 0. The van der Waals surface area contributed by atoms with Crippen molar-refractivity contribution in [2.24, 2.45) is 0 Å². The molecule has 0 unspecified atom stereocenters. The molecule has 0 spiro atoms. The number of hydrogen-bond donors (Lipinski definition) is 2. The van der Waals surface area contributed by atoms with Crippen molar-refractivity contribution in [1.29, 1.82) is 0 Å². The summed E-state index contributed by atoms with van der Waals surface area (Å²) in [5.41, 5.74) is -0.316. The van der Waals surface area contributed by atoms with Crippen LogP contribution in [0.25, 0.3) is 0 Å². The van der Waals surface area contributed by atoms with Crippen LogP contribution in [-0.4, -0.2) is 46.9 Å². The van der Waals surface area contributed by atoms with Gasteiger partial charge in [-0.2, -0.15) is 0 Å². The molecule has 4 amide bonds. The summed E-state index contributed by atoms with van der Waals surface area (Å²) in [4.78, 5) is 48.7. The van der Waals surface area contributed by atoms with Crippen molar-refractivity contribution in [1.82, 2.24) is 10.2 Å². The lowest BCUT2D eigenvalue weighted by atomic mass is 10.1. The average Bonchev–Trinajstić information content (AvgIpc) is 2.77. The monoisotopic (exact) mass is 361 g/mol. The molecule has 0 bridgehead atoms. The normalized spacial score (nSPS) is 16.8. The number of nitrogens with one attached hydrogen (secondary N) is 2. The van der Waals surface area contributed by atoms with Crippen molar-refractivity contribution >= 4 is 29.5 Å². The van der Waals surface area contributed by atoms with Gasteiger partial charge in [0.25, 0.3) is 11.8 Å². The molecule has 0 aliphatic carbocycles. The lowest BCUT2D eigenvalue weighted by molar-refractivity contribution is -0.153. The zero-order valence-corrected chi connectivity index (χ0v) is 15.1. The highest BCUT2D eigenvalue weighted by Crippen LogP contribution is 2.17. The second kappa shape index (κ2) is 7.99. The fourth-order valence-electron chi connectivity index (χ4n) is 2.48. The number of imide groups is 1. The molecule has 2 rings (SSSR count). The predicted molar refractivity (Wildman–Crippen MR) is 94.2 cm³/mol. The van der Waals surface area contributed by atoms with Crippen molar-refractivity contribution < 1.29 is 23.9 Å². The third-order valence-electron chi connectivity index (χ3n) is 3.93. The molecule has 0 aromatic heterocycles. The molecule has 2 N–H and O–H groups in total. The van der Waals surface area contributed by atoms with E-state index in [1.165, 1.54) is 6.92 Å². The van der Waals surface area contributed by atoms with Crippen molar-refractivity contribution in [3.05, 3.63) is 30.3 Å². The van der Waals surface area contributed by atoms with E-state index in [9.17, 15) is 19.2 Å². The molecule has 1 aliphatic rings. The summed E-state index contributed by atoms with van der Waals surface area (Å²) in [6.45, 7) is 4.84. The summed E-state index contributed by atoms with van der Waals surface area (Å²) < 4.78 is 5.09. The summed E-state index contributed by atoms with van der Waals surface area (Å²) in [6.07, 6.45) is -0.681. The van der Waals surface area contributed by atoms with Gasteiger partial charge in [-0.1, -0.05) is 18.2 Å². The number of anilines is 1. The van der Waals surface area contributed by atoms with Gasteiger partial charge in [0.1, 0.15) is 5.54 Å². The van der Waals surface area contributed by atoms with Crippen molar-refractivity contribution in [2.75, 3.05) is 11.9 Å². The molecule has 1 aromatic carbocycles. The van der Waals surface area contributed by atoms with Crippen LogP contribution in [0.15, 0.2) is 30.3 Å². The Balaban J connectivity index is 1.74. The molecule has 1 aliphatic heterocycles. The molecule has 1 saturated heterocycles. The molecule has 1 atom stereocenters. The number of carbonyl (C=O) groups excluding carboxylic acids is 4. The molecule has 26 heavy (non-hydrogen) atoms. The largest absolute Gasteiger partial charge is 0.453 e. The van der Waals surface area contributed by atoms with Crippen LogP contribution >= 0.6 is 0 Å². The quantitative estimate of drug-likeness (QED) is 0.568. The van der Waals surface area contributed by atoms with E-state index in [4.69, 9.17) is 4.74 Å². The van der Waals surface area contributed by atoms with E-state index >= 15 is 0 Å². The van der Waals surface area contributed by atoms with E-state index in [0.717, 1.165) is 4.90 Å². The number of esters is 1. The van der Waals surface area contributed by atoms with E-state index in [1.54, 1.807) is 38.1 Å². The van der Waals surface area contributed by atoms with Gasteiger partial charge in [-0.15, -0.1) is 0 Å². The van der Waals surface area contributed by atoms with Gasteiger partial charge in [0, 0.05) is 18.7 Å². The summed E-state index contributed by atoms with van der Waals surface area (Å²) in [5.74, 6) is -1.32. The third-order valence-corrected chi connectivity index (χ3v) is 3.93. The molecule has 1 heterocycles. The average molecular weight is 361 g/mol. The number of para-hydroxylation sites is 1. The van der Waals surface area contributed by atoms with Crippen molar-refractivity contribution in [3.63, 3.8) is 0 Å². The van der Waals surface area contributed by atoms with Gasteiger partial charge in [0.2, 0.25) is 0 Å². The Morgan fingerprint density at radius 3 is 2.46 bits per heavy atom. The molecule has 140 valence electrons. The molecule has 0 saturated carbocycles. The van der Waals surface area contributed by atoms with Crippen LogP contribution in [0.1, 0.15) is 33.6 Å². The van der Waals surface area contributed by atoms with Gasteiger partial charge < -0.3 is 15.4 Å². The van der Waals surface area contributed by atoms with E-state index in [2.05, 4.69) is 10.6 Å². The maximum Gasteiger partial charge on any atom is 0.325 e. The predicted octanol–water partition coefficient (Wildman–Crippen LogP) is 1.67. The Morgan fingerprint density at radius 2 is 1.88 bits per heavy atom. The molecule has 8 nitrogen and oxygen atoms in total. The zero-order valence-electron chi connectivity index (χ0n) is 15.1. The van der Waals surface area contributed by atoms with Crippen LogP contribution in [-0.2, 0) is 19.1 Å². The Labute approximate surface area is 151 Å². The number of ether oxygens (including phenoxy) is 1. The Kier molecular flexibility index (Phi) is 5.97. The first-order chi connectivity index (χ1) is 12.2. The Bertz CT molecular complexity index is 702. The third kappa shape index (κ3) is 4.81. The van der Waals surface area contributed by atoms with Gasteiger partial charge in [-0.3, -0.25) is 19.3 Å². The van der Waals surface area contributed by atoms with Crippen LogP contribution in [0.4, 0.5) is 10.5 Å². The van der Waals surface area contributed by atoms with Gasteiger partial charge in [-0.05, 0) is 39.3 Å². The molecular weight excluding hydrogens is 338 g/mol. The maximum absolute atomic E-state index is 12.0. The first-order valence-electron chi connectivity index (χ1n) is 8.40. The minimum Gasteiger partial charge on any atom is -0.453 e. The van der Waals surface area contributed by atoms with E-state index in [0.29, 0.717) is 5.69 Å². The molecule has 8 heteroatoms. The van der Waals surface area contributed by atoms with Crippen LogP contribution in [0.5, 0.6) is 0 Å². The lowest BCUT2D eigenvalue weighted by Gasteiger charge is -2.16. The number of hydrogen-bond acceptors (Lipinski definition) is 5. The van der Waals surface area contributed by atoms with Crippen LogP contribution in [0, 0.1) is 0 Å². The fourth-order valence-corrected chi connectivity index (χ4v) is 2.48. The Morgan fingerprint density at radius 1 is 1.23 bits per heavy atom. The van der Waals surface area contributed by atoms with Crippen LogP contribution < -0.4 is 10.6 Å². The number of carbonyl (C=O) groups is 4. The van der Waals surface area contributed by atoms with Crippen LogP contribution in [0.3, 0.4) is 0 Å². The van der Waals surface area contributed by atoms with E-state index in [-0.39, 0.29) is 25.3 Å². The topological polar surface area (TPSA) is 105 Å². The lowest BCUT2D eigenvalue weighted by Crippen LogP contribution is -2.40. The van der Waals surface area contributed by atoms with Gasteiger partial charge in [-0.25, -0.2) is 4.79 Å². The highest BCUT2D eigenvalue weighted by Gasteiger charge is 2.43. The van der Waals surface area contributed by atoms with Gasteiger partial charge >= 0.3 is 12.0 Å². The van der Waals surface area contributed by atoms with E-state index in [1.807, 2.05) is 6.07 Å². The highest BCUT2D eigenvalue weighted by atomic mass is 16.5. The first-order valence-corrected chi connectivity index (χ1v) is 8.40. The minimum absolute atomic E-state index is 0.000442. The summed E-state index contributed by atoms with van der Waals surface area (Å²) in [5, 5.41) is 5.22. The Hall–Kier alpha value is -2.90. The van der Waals surface area contributed by atoms with Crippen LogP contribution in [0.2, 0.25) is 0 Å². The number of amides is 4. The van der Waals surface area contributed by atoms with E-state index < -0.39 is 29.6 Å². The minimum atomic E-state index is -0.946. The van der Waals surface area contributed by atoms with Gasteiger partial charge in [0.05, 0.1) is 0 Å². The number of rotatable bonds is 7. The second-order valence-electron chi connectivity index (χ2n) is 6.60. The number of nitrogens with zero attached hydrogens (tertiary/aromatic N) is 1. The summed E-state index contributed by atoms with van der Waals surface area (Å²) in [6, 6.07) is 8.38. The fraction of sp³-hybridized carbons (Fsp3) is 0.444. The maximum atomic E-state index is 12.0. The van der Waals surface area contributed by atoms with Crippen molar-refractivity contribution in [3.8, 4) is 0 Å². The molecular formula is C18H23N3O5. The van der Waals surface area contributed by atoms with Gasteiger partial charge in [0.15, 0.2) is 6.10 Å².